The number of nitrogens with zero attached hydrogens (tertiary/aromatic N) is 6. The molecule has 14 heteroatoms. The Morgan fingerprint density at radius 2 is 1.36 bits per heavy atom. The van der Waals surface area contributed by atoms with Gasteiger partial charge in [-0.25, -0.2) is 0 Å². The largest absolute Gasteiger partial charge is 0.296 e. The topological polar surface area (TPSA) is 206 Å². The van der Waals surface area contributed by atoms with Gasteiger partial charge in [-0.2, -0.15) is 16.8 Å². The van der Waals surface area contributed by atoms with E-state index in [-0.39, 0.29) is 5.56 Å². The van der Waals surface area contributed by atoms with Gasteiger partial charge in [0.25, 0.3) is 20.2 Å². The van der Waals surface area contributed by atoms with Crippen molar-refractivity contribution in [3.8, 4) is 0 Å². The molecule has 0 radical (unpaired) electrons. The predicted molar refractivity (Wildman–Crippen MR) is 99.1 cm³/mol. The van der Waals surface area contributed by atoms with Crippen LogP contribution < -0.4 is 0 Å². The fourth-order valence-electron chi connectivity index (χ4n) is 2.23. The molecule has 0 atom stereocenters. The van der Waals surface area contributed by atoms with Crippen LogP contribution in [0.4, 0.5) is 11.4 Å². The van der Waals surface area contributed by atoms with Gasteiger partial charge in [0.05, 0.1) is 5.69 Å². The molecule has 0 saturated heterocycles. The number of hydrogen-bond donors (Lipinski definition) is 2. The third-order valence-corrected chi connectivity index (χ3v) is 5.31. The second kappa shape index (κ2) is 8.10. The van der Waals surface area contributed by atoms with E-state index in [0.29, 0.717) is 11.3 Å². The van der Waals surface area contributed by atoms with Crippen molar-refractivity contribution in [2.75, 3.05) is 0 Å². The van der Waals surface area contributed by atoms with Crippen LogP contribution in [0.25, 0.3) is 33.0 Å². The average molecular weight is 422 g/mol. The number of rotatable bonds is 6. The number of benzene rings is 2. The zero-order valence-corrected chi connectivity index (χ0v) is 15.3. The summed E-state index contributed by atoms with van der Waals surface area (Å²) in [6.45, 7) is 0. The van der Waals surface area contributed by atoms with Crippen LogP contribution in [-0.2, 0) is 20.2 Å². The zero-order valence-electron chi connectivity index (χ0n) is 13.6. The van der Waals surface area contributed by atoms with Crippen molar-refractivity contribution < 1.29 is 25.9 Å². The molecule has 12 nitrogen and oxygen atoms in total. The maximum absolute atomic E-state index is 11.8. The minimum Gasteiger partial charge on any atom is -0.282 e. The molecule has 0 unspecified atom stereocenters. The van der Waals surface area contributed by atoms with E-state index in [1.54, 1.807) is 0 Å². The summed E-state index contributed by atoms with van der Waals surface area (Å²) in [4.78, 5) is 2.61. The smallest absolute Gasteiger partial charge is 0.282 e. The Balaban J connectivity index is 2.70. The minimum atomic E-state index is -5.17. The van der Waals surface area contributed by atoms with Crippen LogP contribution in [0.5, 0.6) is 0 Å². The van der Waals surface area contributed by atoms with Crippen molar-refractivity contribution in [2.45, 2.75) is 9.79 Å². The molecule has 144 valence electrons. The number of azide groups is 2. The van der Waals surface area contributed by atoms with Gasteiger partial charge >= 0.3 is 0 Å². The lowest BCUT2D eigenvalue weighted by Crippen LogP contribution is -2.10. The second-order valence-corrected chi connectivity index (χ2v) is 7.80. The van der Waals surface area contributed by atoms with Gasteiger partial charge in [0.1, 0.15) is 9.79 Å². The molecule has 2 aromatic carbocycles. The summed E-state index contributed by atoms with van der Waals surface area (Å²) >= 11 is 0. The maximum Gasteiger partial charge on any atom is 0.296 e. The molecule has 0 aromatic heterocycles. The molecular weight excluding hydrogens is 412 g/mol. The van der Waals surface area contributed by atoms with E-state index in [4.69, 9.17) is 11.1 Å². The molecule has 0 saturated carbocycles. The first-order valence-corrected chi connectivity index (χ1v) is 9.96. The Kier molecular flexibility index (Phi) is 6.06. The van der Waals surface area contributed by atoms with Crippen LogP contribution >= 0.6 is 0 Å². The third-order valence-electron chi connectivity index (χ3n) is 3.30. The molecule has 0 heterocycles. The highest BCUT2D eigenvalue weighted by Gasteiger charge is 2.29. The molecule has 0 aliphatic carbocycles. The summed E-state index contributed by atoms with van der Waals surface area (Å²) in [5.41, 5.74) is 16.7. The van der Waals surface area contributed by atoms with E-state index in [0.717, 1.165) is 12.1 Å². The summed E-state index contributed by atoms with van der Waals surface area (Å²) in [7, 11) is -10.3. The molecule has 28 heavy (non-hydrogen) atoms. The Morgan fingerprint density at radius 1 is 0.786 bits per heavy atom. The van der Waals surface area contributed by atoms with Gasteiger partial charge in [-0.05, 0) is 22.2 Å². The van der Waals surface area contributed by atoms with E-state index >= 15 is 0 Å². The quantitative estimate of drug-likeness (QED) is 0.228. The molecule has 0 amide bonds. The molecule has 0 spiro atoms. The monoisotopic (exact) mass is 422 g/mol. The Morgan fingerprint density at radius 3 is 1.86 bits per heavy atom. The van der Waals surface area contributed by atoms with Gasteiger partial charge in [0.15, 0.2) is 0 Å². The van der Waals surface area contributed by atoms with Crippen molar-refractivity contribution >= 4 is 43.8 Å². The number of hydrogen-bond acceptors (Lipinski definition) is 6. The summed E-state index contributed by atoms with van der Waals surface area (Å²) in [6, 6.07) is 8.10. The minimum absolute atomic E-state index is 0.286. The molecule has 0 aliphatic rings. The highest BCUT2D eigenvalue weighted by molar-refractivity contribution is 7.89. The third kappa shape index (κ3) is 4.86. The molecule has 0 bridgehead atoms. The Labute approximate surface area is 158 Å². The summed E-state index contributed by atoms with van der Waals surface area (Å²) in [5.74, 6) is 0. The average Bonchev–Trinajstić information content (AvgIpc) is 2.60. The van der Waals surface area contributed by atoms with Gasteiger partial charge in [-0.1, -0.05) is 58.8 Å². The van der Waals surface area contributed by atoms with E-state index < -0.39 is 35.7 Å². The SMILES string of the molecule is [N-]=[N+]=Nc1ccc(C=Cc2ccc(N=[N+]=[N-])c(S(=O)(=O)O)c2S(=O)(=O)O)cc1. The van der Waals surface area contributed by atoms with Crippen molar-refractivity contribution in [3.63, 3.8) is 0 Å². The Bertz CT molecular complexity index is 1260. The predicted octanol–water partition coefficient (Wildman–Crippen LogP) is 4.23. The van der Waals surface area contributed by atoms with E-state index in [1.807, 2.05) is 0 Å². The summed E-state index contributed by atoms with van der Waals surface area (Å²) < 4.78 is 65.7. The van der Waals surface area contributed by atoms with Crippen LogP contribution in [0.2, 0.25) is 0 Å². The first-order valence-electron chi connectivity index (χ1n) is 7.08. The van der Waals surface area contributed by atoms with E-state index in [2.05, 4.69) is 20.1 Å². The normalized spacial score (nSPS) is 11.6. The molecule has 0 aliphatic heterocycles. The van der Waals surface area contributed by atoms with E-state index in [1.165, 1.54) is 36.4 Å². The van der Waals surface area contributed by atoms with Crippen LogP contribution in [0, 0.1) is 0 Å². The second-order valence-electron chi connectivity index (χ2n) is 5.09. The summed E-state index contributed by atoms with van der Waals surface area (Å²) in [6.07, 6.45) is 2.55. The Hall–Kier alpha value is -3.38. The molecule has 0 fully saturated rings. The first-order chi connectivity index (χ1) is 13.1. The van der Waals surface area contributed by atoms with Crippen molar-refractivity contribution in [1.29, 1.82) is 0 Å². The fourth-order valence-corrected chi connectivity index (χ4v) is 4.36. The highest BCUT2D eigenvalue weighted by atomic mass is 32.2. The fraction of sp³-hybridized carbons (Fsp3) is 0. The van der Waals surface area contributed by atoms with Crippen LogP contribution in [0.3, 0.4) is 0 Å². The highest BCUT2D eigenvalue weighted by Crippen LogP contribution is 2.34. The van der Waals surface area contributed by atoms with Crippen molar-refractivity contribution in [1.82, 2.24) is 0 Å². The van der Waals surface area contributed by atoms with Crippen LogP contribution in [0.15, 0.2) is 56.4 Å². The molecular formula is C14H10N6O6S2. The molecule has 2 aromatic rings. The molecule has 2 rings (SSSR count). The first kappa shape index (κ1) is 20.9. The van der Waals surface area contributed by atoms with Gasteiger partial charge in [-0.15, -0.1) is 0 Å². The van der Waals surface area contributed by atoms with E-state index in [9.17, 15) is 25.9 Å². The maximum atomic E-state index is 11.8. The summed E-state index contributed by atoms with van der Waals surface area (Å²) in [5, 5.41) is 6.42. The van der Waals surface area contributed by atoms with Gasteiger partial charge in [0, 0.05) is 15.5 Å². The zero-order chi connectivity index (χ0) is 20.9. The molecule has 2 N–H and O–H groups in total. The van der Waals surface area contributed by atoms with Crippen molar-refractivity contribution in [2.24, 2.45) is 10.2 Å². The van der Waals surface area contributed by atoms with Crippen molar-refractivity contribution in [3.05, 3.63) is 68.4 Å². The lowest BCUT2D eigenvalue weighted by molar-refractivity contribution is 0.466. The van der Waals surface area contributed by atoms with Crippen LogP contribution in [0.1, 0.15) is 11.1 Å². The van der Waals surface area contributed by atoms with Gasteiger partial charge < -0.3 is 0 Å². The van der Waals surface area contributed by atoms with Gasteiger partial charge in [-0.3, -0.25) is 9.11 Å². The van der Waals surface area contributed by atoms with Gasteiger partial charge in [0.2, 0.25) is 0 Å². The lowest BCUT2D eigenvalue weighted by atomic mass is 10.1. The standard InChI is InChI=1S/C14H10N6O6S2/c15-19-17-11-6-2-9(3-7-11)1-4-10-5-8-12(18-20-16)14(28(24,25)26)13(10)27(21,22)23/h1-8H,(H,21,22,23)(H,24,25,26). The lowest BCUT2D eigenvalue weighted by Gasteiger charge is -2.10. The van der Waals surface area contributed by atoms with Crippen LogP contribution in [-0.4, -0.2) is 25.9 Å².